The third-order valence-electron chi connectivity index (χ3n) is 2.40. The van der Waals surface area contributed by atoms with Crippen molar-refractivity contribution >= 4 is 42.7 Å². The minimum atomic E-state index is -0.802. The molecule has 2 unspecified atom stereocenters. The molecule has 1 rings (SSSR count). The van der Waals surface area contributed by atoms with Gasteiger partial charge in [-0.25, -0.2) is 0 Å². The maximum Gasteiger partial charge on any atom is 0.143 e. The maximum atomic E-state index is 11.2. The molecule has 0 radical (unpaired) electrons. The van der Waals surface area contributed by atoms with Gasteiger partial charge in [-0.3, -0.25) is 4.21 Å². The largest absolute Gasteiger partial charge is 0.506 e. The van der Waals surface area contributed by atoms with Gasteiger partial charge < -0.3 is 10.4 Å². The fraction of sp³-hybridized carbons (Fsp3) is 0.455. The number of hydrogen-bond donors (Lipinski definition) is 2. The first-order chi connectivity index (χ1) is 7.91. The lowest BCUT2D eigenvalue weighted by Crippen LogP contribution is -2.27. The summed E-state index contributed by atoms with van der Waals surface area (Å²) in [5.74, 6) is 0.205. The number of rotatable bonds is 5. The number of nitrogens with one attached hydrogen (secondary N) is 1. The standard InChI is InChI=1S/C11H15Br2NO2S/c1-7(17(2)16)5-14-6-8-3-9(12)11(15)10(13)4-8/h3-4,7,14-15H,5-6H2,1-2H3. The van der Waals surface area contributed by atoms with Crippen molar-refractivity contribution in [1.82, 2.24) is 5.32 Å². The number of halogens is 2. The molecule has 1 aromatic rings. The van der Waals surface area contributed by atoms with E-state index in [4.69, 9.17) is 0 Å². The summed E-state index contributed by atoms with van der Waals surface area (Å²) in [7, 11) is -0.802. The Kier molecular flexibility index (Phi) is 6.12. The number of aromatic hydroxyl groups is 1. The predicted octanol–water partition coefficient (Wildman–Crippen LogP) is 2.77. The van der Waals surface area contributed by atoms with Gasteiger partial charge in [-0.2, -0.15) is 0 Å². The molecule has 0 aromatic heterocycles. The second kappa shape index (κ2) is 6.87. The van der Waals surface area contributed by atoms with Crippen LogP contribution in [-0.2, 0) is 17.3 Å². The van der Waals surface area contributed by atoms with Gasteiger partial charge in [-0.1, -0.05) is 0 Å². The molecule has 0 saturated heterocycles. The van der Waals surface area contributed by atoms with Crippen LogP contribution in [0.5, 0.6) is 5.75 Å². The van der Waals surface area contributed by atoms with Gasteiger partial charge in [0.05, 0.1) is 8.95 Å². The molecular weight excluding hydrogens is 370 g/mol. The van der Waals surface area contributed by atoms with Gasteiger partial charge in [0, 0.05) is 35.4 Å². The van der Waals surface area contributed by atoms with E-state index >= 15 is 0 Å². The van der Waals surface area contributed by atoms with Gasteiger partial charge >= 0.3 is 0 Å². The van der Waals surface area contributed by atoms with Crippen LogP contribution in [0.3, 0.4) is 0 Å². The first kappa shape index (κ1) is 15.1. The summed E-state index contributed by atoms with van der Waals surface area (Å²) >= 11 is 6.57. The molecule has 0 spiro atoms. The van der Waals surface area contributed by atoms with E-state index in [1.165, 1.54) is 0 Å². The second-order valence-electron chi connectivity index (χ2n) is 3.85. The lowest BCUT2D eigenvalue weighted by Gasteiger charge is -2.11. The highest BCUT2D eigenvalue weighted by Gasteiger charge is 2.07. The minimum absolute atomic E-state index is 0.138. The van der Waals surface area contributed by atoms with Gasteiger partial charge in [0.25, 0.3) is 0 Å². The highest BCUT2D eigenvalue weighted by Crippen LogP contribution is 2.33. The Morgan fingerprint density at radius 1 is 1.41 bits per heavy atom. The van der Waals surface area contributed by atoms with E-state index in [-0.39, 0.29) is 11.0 Å². The summed E-state index contributed by atoms with van der Waals surface area (Å²) in [4.78, 5) is 0. The smallest absolute Gasteiger partial charge is 0.143 e. The molecule has 0 bridgehead atoms. The summed E-state index contributed by atoms with van der Waals surface area (Å²) in [6, 6.07) is 3.72. The van der Waals surface area contributed by atoms with Crippen LogP contribution < -0.4 is 5.32 Å². The van der Waals surface area contributed by atoms with Crippen molar-refractivity contribution in [1.29, 1.82) is 0 Å². The van der Waals surface area contributed by atoms with E-state index in [1.807, 2.05) is 19.1 Å². The second-order valence-corrected chi connectivity index (χ2v) is 7.36. The minimum Gasteiger partial charge on any atom is -0.506 e. The first-order valence-corrected chi connectivity index (χ1v) is 8.32. The molecule has 1 aromatic carbocycles. The van der Waals surface area contributed by atoms with Crippen LogP contribution in [0.2, 0.25) is 0 Å². The molecule has 0 aliphatic rings. The van der Waals surface area contributed by atoms with Crippen molar-refractivity contribution in [2.75, 3.05) is 12.8 Å². The van der Waals surface area contributed by atoms with Gasteiger partial charge in [0.15, 0.2) is 0 Å². The van der Waals surface area contributed by atoms with Crippen LogP contribution >= 0.6 is 31.9 Å². The fourth-order valence-electron chi connectivity index (χ4n) is 1.26. The molecule has 0 aliphatic carbocycles. The number of hydrogen-bond acceptors (Lipinski definition) is 3. The number of phenolic OH excluding ortho intramolecular Hbond substituents is 1. The Labute approximate surface area is 121 Å². The van der Waals surface area contributed by atoms with Crippen molar-refractivity contribution < 1.29 is 9.32 Å². The van der Waals surface area contributed by atoms with E-state index in [0.717, 1.165) is 5.56 Å². The van der Waals surface area contributed by atoms with Gasteiger partial charge in [-0.05, 0) is 56.5 Å². The Morgan fingerprint density at radius 3 is 2.41 bits per heavy atom. The van der Waals surface area contributed by atoms with Crippen molar-refractivity contribution in [2.24, 2.45) is 0 Å². The molecule has 96 valence electrons. The third-order valence-corrected chi connectivity index (χ3v) is 4.91. The van der Waals surface area contributed by atoms with E-state index in [1.54, 1.807) is 6.26 Å². The predicted molar refractivity (Wildman–Crippen MR) is 78.7 cm³/mol. The van der Waals surface area contributed by atoms with E-state index in [0.29, 0.717) is 22.0 Å². The summed E-state index contributed by atoms with van der Waals surface area (Å²) in [6.45, 7) is 3.34. The van der Waals surface area contributed by atoms with Crippen molar-refractivity contribution in [3.8, 4) is 5.75 Å². The SMILES string of the molecule is CC(CNCc1cc(Br)c(O)c(Br)c1)S(C)=O. The average Bonchev–Trinajstić information content (AvgIpc) is 2.25. The highest BCUT2D eigenvalue weighted by atomic mass is 79.9. The summed E-state index contributed by atoms with van der Waals surface area (Å²) < 4.78 is 12.5. The number of phenols is 1. The molecule has 6 heteroatoms. The summed E-state index contributed by atoms with van der Waals surface area (Å²) in [6.07, 6.45) is 1.71. The molecule has 17 heavy (non-hydrogen) atoms. The Morgan fingerprint density at radius 2 is 1.94 bits per heavy atom. The molecule has 2 atom stereocenters. The van der Waals surface area contributed by atoms with Crippen LogP contribution in [0, 0.1) is 0 Å². The Balaban J connectivity index is 2.56. The molecule has 2 N–H and O–H groups in total. The van der Waals surface area contributed by atoms with Crippen LogP contribution in [0.4, 0.5) is 0 Å². The lowest BCUT2D eigenvalue weighted by atomic mass is 10.2. The normalized spacial score (nSPS) is 14.6. The third kappa shape index (κ3) is 4.69. The highest BCUT2D eigenvalue weighted by molar-refractivity contribution is 9.11. The lowest BCUT2D eigenvalue weighted by molar-refractivity contribution is 0.468. The average molecular weight is 385 g/mol. The number of benzene rings is 1. The Hall–Kier alpha value is 0.0900. The summed E-state index contributed by atoms with van der Waals surface area (Å²) in [5, 5.41) is 12.9. The fourth-order valence-corrected chi connectivity index (χ4v) is 2.89. The molecule has 0 saturated carbocycles. The van der Waals surface area contributed by atoms with E-state index < -0.39 is 10.8 Å². The van der Waals surface area contributed by atoms with Crippen molar-refractivity contribution in [2.45, 2.75) is 18.7 Å². The quantitative estimate of drug-likeness (QED) is 0.820. The monoisotopic (exact) mass is 383 g/mol. The topological polar surface area (TPSA) is 49.3 Å². The van der Waals surface area contributed by atoms with E-state index in [2.05, 4.69) is 37.2 Å². The van der Waals surface area contributed by atoms with Crippen LogP contribution in [0.25, 0.3) is 0 Å². The van der Waals surface area contributed by atoms with E-state index in [9.17, 15) is 9.32 Å². The Bertz CT molecular complexity index is 403. The maximum absolute atomic E-state index is 11.2. The van der Waals surface area contributed by atoms with Crippen LogP contribution in [0.15, 0.2) is 21.1 Å². The van der Waals surface area contributed by atoms with Gasteiger partial charge in [0.1, 0.15) is 5.75 Å². The van der Waals surface area contributed by atoms with Crippen LogP contribution in [-0.4, -0.2) is 27.4 Å². The molecule has 0 amide bonds. The zero-order valence-electron chi connectivity index (χ0n) is 9.67. The van der Waals surface area contributed by atoms with Gasteiger partial charge in [-0.15, -0.1) is 0 Å². The molecular formula is C11H15Br2NO2S. The molecule has 3 nitrogen and oxygen atoms in total. The molecule has 0 aliphatic heterocycles. The van der Waals surface area contributed by atoms with Crippen molar-refractivity contribution in [3.63, 3.8) is 0 Å². The molecule has 0 fully saturated rings. The van der Waals surface area contributed by atoms with Crippen molar-refractivity contribution in [3.05, 3.63) is 26.6 Å². The first-order valence-electron chi connectivity index (χ1n) is 5.11. The zero-order chi connectivity index (χ0) is 13.0. The zero-order valence-corrected chi connectivity index (χ0v) is 13.7. The molecule has 0 heterocycles. The van der Waals surface area contributed by atoms with Gasteiger partial charge in [0.2, 0.25) is 0 Å². The van der Waals surface area contributed by atoms with Crippen LogP contribution in [0.1, 0.15) is 12.5 Å². The summed E-state index contributed by atoms with van der Waals surface area (Å²) in [5.41, 5.74) is 1.05.